The molecule has 10 atom stereocenters. The number of ether oxygens (including phenoxy) is 5. The number of hydrogen-bond acceptors (Lipinski definition) is 18. The van der Waals surface area contributed by atoms with Crippen LogP contribution in [0.1, 0.15) is 5.56 Å². The number of benzene rings is 3. The van der Waals surface area contributed by atoms with Crippen LogP contribution in [0.25, 0.3) is 28.7 Å². The van der Waals surface area contributed by atoms with Gasteiger partial charge in [0.1, 0.15) is 72.7 Å². The molecule has 0 bridgehead atoms. The third-order valence-electron chi connectivity index (χ3n) is 8.72. The normalized spacial score (nSPS) is 28.6. The van der Waals surface area contributed by atoms with Crippen LogP contribution >= 0.6 is 0 Å². The fourth-order valence-corrected chi connectivity index (χ4v) is 5.75. The van der Waals surface area contributed by atoms with Crippen molar-refractivity contribution in [1.29, 1.82) is 0 Å². The Morgan fingerprint density at radius 1 is 0.704 bits per heavy atom. The minimum Gasteiger partial charge on any atom is -0.508 e. The van der Waals surface area contributed by atoms with Crippen molar-refractivity contribution in [3.63, 3.8) is 0 Å². The Kier molecular flexibility index (Phi) is 11.4. The van der Waals surface area contributed by atoms with Gasteiger partial charge >= 0.3 is 5.97 Å². The van der Waals surface area contributed by atoms with Crippen molar-refractivity contribution in [3.8, 4) is 51.4 Å². The molecule has 54 heavy (non-hydrogen) atoms. The lowest BCUT2D eigenvalue weighted by Gasteiger charge is -2.40. The van der Waals surface area contributed by atoms with Crippen LogP contribution in [0.15, 0.2) is 76.0 Å². The summed E-state index contributed by atoms with van der Waals surface area (Å²) in [4.78, 5) is 25.2. The highest BCUT2D eigenvalue weighted by Crippen LogP contribution is 2.43. The van der Waals surface area contributed by atoms with E-state index in [0.29, 0.717) is 5.56 Å². The van der Waals surface area contributed by atoms with Crippen LogP contribution in [0.4, 0.5) is 0 Å². The van der Waals surface area contributed by atoms with Crippen LogP contribution in [0, 0.1) is 0 Å². The molecule has 2 aromatic carbocycles. The number of carbonyl (C=O) groups is 1. The molecule has 1 aliphatic carbocycles. The summed E-state index contributed by atoms with van der Waals surface area (Å²) >= 11 is 0. The molecule has 3 aliphatic heterocycles. The van der Waals surface area contributed by atoms with Gasteiger partial charge in [-0.3, -0.25) is 4.79 Å². The monoisotopic (exact) mass is 756 g/mol. The number of hydrogen-bond donors (Lipinski definition) is 10. The topological polar surface area (TPSA) is 296 Å². The molecule has 0 amide bonds. The van der Waals surface area contributed by atoms with E-state index < -0.39 is 91.8 Å². The van der Waals surface area contributed by atoms with Crippen molar-refractivity contribution < 1.29 is 84.0 Å². The van der Waals surface area contributed by atoms with E-state index in [-0.39, 0.29) is 45.6 Å². The first-order valence-corrected chi connectivity index (χ1v) is 16.4. The van der Waals surface area contributed by atoms with Gasteiger partial charge in [-0.25, -0.2) is 4.79 Å². The highest BCUT2D eigenvalue weighted by atomic mass is 16.7. The summed E-state index contributed by atoms with van der Waals surface area (Å²) < 4.78 is 34.2. The summed E-state index contributed by atoms with van der Waals surface area (Å²) in [5.74, 6) is -2.46. The molecular weight excluding hydrogens is 720 g/mol. The summed E-state index contributed by atoms with van der Waals surface area (Å²) in [6.07, 6.45) is -14.8. The quantitative estimate of drug-likeness (QED) is 0.0535. The number of aromatic hydroxyl groups is 3. The van der Waals surface area contributed by atoms with Crippen molar-refractivity contribution in [2.24, 2.45) is 0 Å². The predicted octanol–water partition coefficient (Wildman–Crippen LogP) is -0.850. The Bertz CT molecular complexity index is 1990. The summed E-state index contributed by atoms with van der Waals surface area (Å²) in [7, 11) is 0. The first kappa shape index (κ1) is 38.4. The molecule has 0 aromatic heterocycles. The molecule has 3 heterocycles. The third-order valence-corrected chi connectivity index (χ3v) is 8.72. The van der Waals surface area contributed by atoms with Crippen LogP contribution in [-0.2, 0) is 19.0 Å². The van der Waals surface area contributed by atoms with Crippen molar-refractivity contribution in [2.75, 3.05) is 13.2 Å². The standard InChI is InChI=1S/C36H36O18/c37-13-25-28(43)30(45)32(47)35(53-25)51-23-11-18(39)10-22-19(23)12-24(34(50-22)16-3-5-17(38)6-4-16)52-36-33(48)31(46)29(44)26(54-36)14-49-27(42)8-2-15-1-7-20(40)21(41)9-15/h1-12,25-26,28-33,35-38,40-41,43-48H,13-14H2/b8-2+/t25-,26-,28-,29-,30+,31+,32-,33-,35-,36-/m1/s1. The molecule has 288 valence electrons. The van der Waals surface area contributed by atoms with Gasteiger partial charge in [-0.2, -0.15) is 0 Å². The number of phenols is 3. The van der Waals surface area contributed by atoms with Gasteiger partial charge in [-0.15, -0.1) is 0 Å². The van der Waals surface area contributed by atoms with Crippen molar-refractivity contribution in [3.05, 3.63) is 82.5 Å². The predicted molar refractivity (Wildman–Crippen MR) is 180 cm³/mol. The van der Waals surface area contributed by atoms with Gasteiger partial charge in [0.2, 0.25) is 12.6 Å². The molecule has 6 rings (SSSR count). The van der Waals surface area contributed by atoms with Crippen molar-refractivity contribution in [1.82, 2.24) is 0 Å². The number of aliphatic hydroxyl groups excluding tert-OH is 7. The highest BCUT2D eigenvalue weighted by Gasteiger charge is 2.47. The molecular formula is C36H36O18. The summed E-state index contributed by atoms with van der Waals surface area (Å²) in [5.41, 5.74) is 0.00566. The van der Waals surface area contributed by atoms with Crippen LogP contribution in [0.3, 0.4) is 0 Å². The van der Waals surface area contributed by atoms with Gasteiger partial charge in [0.15, 0.2) is 28.4 Å². The second-order valence-electron chi connectivity index (χ2n) is 12.5. The van der Waals surface area contributed by atoms with E-state index in [9.17, 15) is 60.7 Å². The Balaban J connectivity index is 1.29. The second kappa shape index (κ2) is 16.0. The second-order valence-corrected chi connectivity index (χ2v) is 12.5. The van der Waals surface area contributed by atoms with E-state index in [1.54, 1.807) is 0 Å². The molecule has 0 saturated carbocycles. The fraction of sp³-hybridized carbons (Fsp3) is 0.333. The average Bonchev–Trinajstić information content (AvgIpc) is 3.15. The average molecular weight is 757 g/mol. The lowest BCUT2D eigenvalue weighted by molar-refractivity contribution is -0.278. The Labute approximate surface area is 304 Å². The zero-order valence-electron chi connectivity index (χ0n) is 27.9. The van der Waals surface area contributed by atoms with Gasteiger partial charge in [0.25, 0.3) is 0 Å². The molecule has 10 N–H and O–H groups in total. The smallest absolute Gasteiger partial charge is 0.330 e. The van der Waals surface area contributed by atoms with Crippen LogP contribution in [0.2, 0.25) is 0 Å². The molecule has 2 aromatic rings. The summed E-state index contributed by atoms with van der Waals surface area (Å²) in [5, 5.41) is 102. The maximum absolute atomic E-state index is 12.8. The van der Waals surface area contributed by atoms with E-state index in [1.165, 1.54) is 54.6 Å². The zero-order chi connectivity index (χ0) is 38.8. The van der Waals surface area contributed by atoms with Gasteiger partial charge in [0, 0.05) is 23.8 Å². The Morgan fingerprint density at radius 3 is 1.98 bits per heavy atom. The minimum atomic E-state index is -1.90. The fourth-order valence-electron chi connectivity index (χ4n) is 5.75. The van der Waals surface area contributed by atoms with E-state index in [4.69, 9.17) is 28.1 Å². The van der Waals surface area contributed by atoms with Gasteiger partial charge < -0.3 is 79.2 Å². The number of carbonyl (C=O) groups excluding carboxylic acids is 1. The minimum absolute atomic E-state index is 0.00851. The Hall–Kier alpha value is -5.28. The van der Waals surface area contributed by atoms with Crippen LogP contribution < -0.4 is 14.9 Å². The number of rotatable bonds is 10. The maximum atomic E-state index is 12.8. The summed E-state index contributed by atoms with van der Waals surface area (Å²) in [6, 6.07) is 12.7. The van der Waals surface area contributed by atoms with Crippen molar-refractivity contribution >= 4 is 12.0 Å². The molecule has 2 fully saturated rings. The first-order valence-electron chi connectivity index (χ1n) is 16.4. The lowest BCUT2D eigenvalue weighted by Crippen LogP contribution is -2.60. The first-order chi connectivity index (χ1) is 25.7. The van der Waals surface area contributed by atoms with Crippen LogP contribution in [-0.4, -0.2) is 132 Å². The van der Waals surface area contributed by atoms with Crippen molar-refractivity contribution in [2.45, 2.75) is 61.4 Å². The zero-order valence-corrected chi connectivity index (χ0v) is 27.9. The number of esters is 1. The molecule has 0 radical (unpaired) electrons. The number of phenolic OH excluding ortho intramolecular Hbond substituents is 3. The molecule has 0 spiro atoms. The van der Waals surface area contributed by atoms with E-state index in [0.717, 1.165) is 18.2 Å². The Morgan fingerprint density at radius 2 is 1.33 bits per heavy atom. The maximum Gasteiger partial charge on any atom is 0.330 e. The number of fused-ring (bicyclic) bond motifs is 1. The summed E-state index contributed by atoms with van der Waals surface area (Å²) in [6.45, 7) is -1.38. The van der Waals surface area contributed by atoms with Gasteiger partial charge in [-0.1, -0.05) is 6.07 Å². The van der Waals surface area contributed by atoms with E-state index in [1.807, 2.05) is 0 Å². The van der Waals surface area contributed by atoms with Crippen LogP contribution in [0.5, 0.6) is 28.7 Å². The van der Waals surface area contributed by atoms with E-state index >= 15 is 0 Å². The molecule has 4 aliphatic rings. The largest absolute Gasteiger partial charge is 0.508 e. The van der Waals surface area contributed by atoms with E-state index in [2.05, 4.69) is 0 Å². The van der Waals surface area contributed by atoms with Gasteiger partial charge in [0.05, 0.1) is 12.2 Å². The lowest BCUT2D eigenvalue weighted by atomic mass is 9.99. The molecule has 18 nitrogen and oxygen atoms in total. The highest BCUT2D eigenvalue weighted by molar-refractivity contribution is 5.87. The third kappa shape index (κ3) is 8.11. The molecule has 2 saturated heterocycles. The molecule has 0 unspecified atom stereocenters. The molecule has 18 heteroatoms. The number of aliphatic hydroxyl groups is 7. The van der Waals surface area contributed by atoms with Gasteiger partial charge in [-0.05, 0) is 54.1 Å². The SMILES string of the molecule is O=C(/C=C/c1ccc(O)c(O)c1)OC[C@H]1O[C@@H](Oc2cc3c(O[C@@H]4O[C@H](CO)[C@@H](O)[C@H](O)[C@H]4O)cc(=O)cc-3oc2-c2ccc(O)cc2)[C@H](O)[C@@H](O)[C@@H]1O.